The van der Waals surface area contributed by atoms with Crippen LogP contribution >= 0.6 is 0 Å². The quantitative estimate of drug-likeness (QED) is 0.583. The maximum Gasteiger partial charge on any atom is 0.411 e. The van der Waals surface area contributed by atoms with Gasteiger partial charge in [-0.1, -0.05) is 54.6 Å². The molecule has 8 nitrogen and oxygen atoms in total. The fourth-order valence-corrected chi connectivity index (χ4v) is 4.51. The van der Waals surface area contributed by atoms with Gasteiger partial charge in [-0.15, -0.1) is 0 Å². The average Bonchev–Trinajstić information content (AvgIpc) is 3.45. The van der Waals surface area contributed by atoms with E-state index in [1.165, 1.54) is 23.3 Å². The number of carbonyl (C=O) groups is 3. The van der Waals surface area contributed by atoms with Crippen LogP contribution in [0.5, 0.6) is 0 Å². The summed E-state index contributed by atoms with van der Waals surface area (Å²) in [5.41, 5.74) is 4.97. The van der Waals surface area contributed by atoms with Crippen LogP contribution in [0, 0.1) is 0 Å². The van der Waals surface area contributed by atoms with Crippen LogP contribution in [0.25, 0.3) is 11.1 Å². The first-order chi connectivity index (χ1) is 16.5. The van der Waals surface area contributed by atoms with E-state index in [0.717, 1.165) is 22.3 Å². The van der Waals surface area contributed by atoms with Crippen molar-refractivity contribution in [2.24, 2.45) is 0 Å². The molecule has 2 amide bonds. The second kappa shape index (κ2) is 8.90. The third-order valence-corrected chi connectivity index (χ3v) is 6.21. The number of carboxylic acids is 1. The van der Waals surface area contributed by atoms with Crippen molar-refractivity contribution in [1.29, 1.82) is 0 Å². The van der Waals surface area contributed by atoms with E-state index in [1.54, 1.807) is 0 Å². The number of nitrogens with zero attached hydrogens (tertiary/aromatic N) is 1. The van der Waals surface area contributed by atoms with Crippen LogP contribution in [0.4, 0.5) is 10.5 Å². The number of aliphatic carboxylic acids is 1. The summed E-state index contributed by atoms with van der Waals surface area (Å²) in [4.78, 5) is 38.0. The van der Waals surface area contributed by atoms with Crippen LogP contribution in [0.3, 0.4) is 0 Å². The van der Waals surface area contributed by atoms with E-state index in [-0.39, 0.29) is 49.1 Å². The monoisotopic (exact) mass is 458 g/mol. The Bertz CT molecular complexity index is 1260. The molecule has 8 heteroatoms. The van der Waals surface area contributed by atoms with Crippen molar-refractivity contribution in [3.05, 3.63) is 89.4 Å². The summed E-state index contributed by atoms with van der Waals surface area (Å²) in [6.45, 7) is 0.559. The molecule has 2 aliphatic rings. The van der Waals surface area contributed by atoms with Crippen molar-refractivity contribution in [2.45, 2.75) is 12.3 Å². The SMILES string of the molecule is O=C(Nc1ccoc1C(=O)N1CC=C(C(=O)O)CC1)OCC1c2ccccc2-c2ccccc21. The number of carbonyl (C=O) groups excluding carboxylic acids is 2. The molecule has 5 rings (SSSR count). The molecule has 0 radical (unpaired) electrons. The number of fused-ring (bicyclic) bond motifs is 3. The lowest BCUT2D eigenvalue weighted by atomic mass is 9.98. The lowest BCUT2D eigenvalue weighted by Gasteiger charge is -2.24. The van der Waals surface area contributed by atoms with Crippen LogP contribution in [-0.4, -0.2) is 47.7 Å². The molecule has 0 saturated heterocycles. The van der Waals surface area contributed by atoms with E-state index in [0.29, 0.717) is 0 Å². The number of nitrogens with one attached hydrogen (secondary N) is 1. The molecule has 0 spiro atoms. The highest BCUT2D eigenvalue weighted by Crippen LogP contribution is 2.44. The topological polar surface area (TPSA) is 109 Å². The lowest BCUT2D eigenvalue weighted by Crippen LogP contribution is -2.36. The number of rotatable bonds is 5. The summed E-state index contributed by atoms with van der Waals surface area (Å²) >= 11 is 0. The van der Waals surface area contributed by atoms with Gasteiger partial charge in [-0.3, -0.25) is 10.1 Å². The zero-order valence-corrected chi connectivity index (χ0v) is 18.2. The number of benzene rings is 2. The molecule has 0 bridgehead atoms. The number of hydrogen-bond acceptors (Lipinski definition) is 5. The third kappa shape index (κ3) is 3.94. The fraction of sp³-hybridized carbons (Fsp3) is 0.192. The number of amides is 2. The van der Waals surface area contributed by atoms with Crippen molar-refractivity contribution in [3.63, 3.8) is 0 Å². The Balaban J connectivity index is 1.25. The molecule has 0 fully saturated rings. The molecule has 0 unspecified atom stereocenters. The first kappa shape index (κ1) is 21.5. The Morgan fingerprint density at radius 1 is 1.03 bits per heavy atom. The van der Waals surface area contributed by atoms with E-state index in [4.69, 9.17) is 14.3 Å². The molecule has 2 heterocycles. The van der Waals surface area contributed by atoms with E-state index in [9.17, 15) is 14.4 Å². The Morgan fingerprint density at radius 3 is 2.32 bits per heavy atom. The van der Waals surface area contributed by atoms with Crippen LogP contribution in [0.1, 0.15) is 34.0 Å². The summed E-state index contributed by atoms with van der Waals surface area (Å²) in [7, 11) is 0. The molecule has 2 aromatic carbocycles. The van der Waals surface area contributed by atoms with Gasteiger partial charge in [0.05, 0.1) is 12.0 Å². The Labute approximate surface area is 195 Å². The van der Waals surface area contributed by atoms with Gasteiger partial charge in [0.25, 0.3) is 5.91 Å². The van der Waals surface area contributed by atoms with Crippen molar-refractivity contribution >= 4 is 23.7 Å². The summed E-state index contributed by atoms with van der Waals surface area (Å²) < 4.78 is 10.9. The predicted molar refractivity (Wildman–Crippen MR) is 124 cm³/mol. The summed E-state index contributed by atoms with van der Waals surface area (Å²) in [6.07, 6.45) is 2.38. The largest absolute Gasteiger partial charge is 0.478 e. The highest BCUT2D eigenvalue weighted by Gasteiger charge is 2.30. The molecule has 1 aromatic heterocycles. The molecular weight excluding hydrogens is 436 g/mol. The number of furan rings is 1. The van der Waals surface area contributed by atoms with Crippen LogP contribution in [0.15, 0.2) is 76.9 Å². The second-order valence-electron chi connectivity index (χ2n) is 8.15. The average molecular weight is 458 g/mol. The van der Waals surface area contributed by atoms with Gasteiger partial charge in [0, 0.05) is 30.6 Å². The summed E-state index contributed by atoms with van der Waals surface area (Å²) in [5, 5.41) is 11.7. The minimum absolute atomic E-state index is 0.0271. The highest BCUT2D eigenvalue weighted by molar-refractivity contribution is 6.00. The maximum atomic E-state index is 12.8. The first-order valence-electron chi connectivity index (χ1n) is 10.9. The first-order valence-corrected chi connectivity index (χ1v) is 10.9. The molecule has 2 N–H and O–H groups in total. The number of ether oxygens (including phenoxy) is 1. The van der Waals surface area contributed by atoms with E-state index < -0.39 is 18.0 Å². The van der Waals surface area contributed by atoms with Gasteiger partial charge in [0.2, 0.25) is 5.76 Å². The number of hydrogen-bond donors (Lipinski definition) is 2. The van der Waals surface area contributed by atoms with E-state index in [2.05, 4.69) is 17.4 Å². The number of anilines is 1. The molecule has 1 aliphatic heterocycles. The molecule has 172 valence electrons. The number of carboxylic acid groups (broad SMARTS) is 1. The standard InChI is InChI=1S/C26H22N2O6/c29-24(28-12-9-16(10-13-28)25(30)31)23-22(11-14-33-23)27-26(32)34-15-21-19-7-3-1-5-17(19)18-6-2-4-8-20(18)21/h1-9,11,14,21H,10,12-13,15H2,(H,27,32)(H,30,31). The molecule has 34 heavy (non-hydrogen) atoms. The van der Waals surface area contributed by atoms with Crippen molar-refractivity contribution < 1.29 is 28.6 Å². The maximum absolute atomic E-state index is 12.8. The normalized spacial score (nSPS) is 14.7. The van der Waals surface area contributed by atoms with Gasteiger partial charge in [-0.25, -0.2) is 9.59 Å². The zero-order valence-electron chi connectivity index (χ0n) is 18.2. The van der Waals surface area contributed by atoms with Gasteiger partial charge in [-0.2, -0.15) is 0 Å². The van der Waals surface area contributed by atoms with Crippen molar-refractivity contribution in [3.8, 4) is 11.1 Å². The fourth-order valence-electron chi connectivity index (χ4n) is 4.51. The van der Waals surface area contributed by atoms with Crippen molar-refractivity contribution in [1.82, 2.24) is 4.90 Å². The Kier molecular flexibility index (Phi) is 5.63. The second-order valence-corrected chi connectivity index (χ2v) is 8.15. The van der Waals surface area contributed by atoms with E-state index in [1.807, 2.05) is 36.4 Å². The molecule has 0 atom stereocenters. The lowest BCUT2D eigenvalue weighted by molar-refractivity contribution is -0.133. The predicted octanol–water partition coefficient (Wildman–Crippen LogP) is 4.50. The van der Waals surface area contributed by atoms with Crippen LogP contribution < -0.4 is 5.32 Å². The van der Waals surface area contributed by atoms with Gasteiger partial charge < -0.3 is 19.2 Å². The van der Waals surface area contributed by atoms with Gasteiger partial charge in [0.15, 0.2) is 0 Å². The van der Waals surface area contributed by atoms with E-state index >= 15 is 0 Å². The molecular formula is C26H22N2O6. The Hall–Kier alpha value is -4.33. The summed E-state index contributed by atoms with van der Waals surface area (Å²) in [6, 6.07) is 17.6. The van der Waals surface area contributed by atoms with Gasteiger partial charge in [0.1, 0.15) is 6.61 Å². The van der Waals surface area contributed by atoms with Crippen LogP contribution in [-0.2, 0) is 9.53 Å². The van der Waals surface area contributed by atoms with Gasteiger partial charge >= 0.3 is 12.1 Å². The zero-order chi connectivity index (χ0) is 23.7. The third-order valence-electron chi connectivity index (χ3n) is 6.21. The Morgan fingerprint density at radius 2 is 1.71 bits per heavy atom. The minimum atomic E-state index is -0.984. The molecule has 1 aliphatic carbocycles. The highest BCUT2D eigenvalue weighted by atomic mass is 16.5. The minimum Gasteiger partial charge on any atom is -0.478 e. The molecule has 3 aromatic rings. The molecule has 0 saturated carbocycles. The smallest absolute Gasteiger partial charge is 0.411 e. The van der Waals surface area contributed by atoms with Crippen molar-refractivity contribution in [2.75, 3.05) is 25.0 Å². The summed E-state index contributed by atoms with van der Waals surface area (Å²) in [5.74, 6) is -1.52. The van der Waals surface area contributed by atoms with Crippen LogP contribution in [0.2, 0.25) is 0 Å². The van der Waals surface area contributed by atoms with Gasteiger partial charge in [-0.05, 0) is 28.7 Å².